The van der Waals surface area contributed by atoms with E-state index in [1.165, 1.54) is 0 Å². The lowest BCUT2D eigenvalue weighted by Gasteiger charge is -1.80. The van der Waals surface area contributed by atoms with Gasteiger partial charge in [-0.2, -0.15) is 8.78 Å². The Bertz CT molecular complexity index is 192. The van der Waals surface area contributed by atoms with Crippen molar-refractivity contribution in [2.45, 2.75) is 0 Å². The van der Waals surface area contributed by atoms with E-state index in [2.05, 4.69) is 23.2 Å². The van der Waals surface area contributed by atoms with Gasteiger partial charge in [-0.1, -0.05) is 0 Å². The maximum atomic E-state index is 11.3. The van der Waals surface area contributed by atoms with Gasteiger partial charge in [0.2, 0.25) is 10.6 Å². The molecule has 0 nitrogen and oxygen atoms in total. The summed E-state index contributed by atoms with van der Waals surface area (Å²) in [6.45, 7) is -2.95. The molecule has 8 heteroatoms. The summed E-state index contributed by atoms with van der Waals surface area (Å²) in [5, 5.41) is -3.22. The average Bonchev–Trinajstić information content (AvgIpc) is 2.15. The highest BCUT2D eigenvalue weighted by molar-refractivity contribution is 6.28. The lowest BCUT2D eigenvalue weighted by atomic mass is 10.7. The molecule has 0 heterocycles. The molecule has 0 atom stereocenters. The SMILES string of the molecule is FC/C(F)=C(/F)Cl.FC/C(F)=C(/F)Cl. The van der Waals surface area contributed by atoms with Gasteiger partial charge in [-0.25, -0.2) is 17.6 Å². The minimum Gasteiger partial charge on any atom is -0.243 e. The molecule has 0 aromatic carbocycles. The van der Waals surface area contributed by atoms with Crippen LogP contribution in [0, 0.1) is 0 Å². The largest absolute Gasteiger partial charge is 0.243 e. The molecule has 0 spiro atoms. The van der Waals surface area contributed by atoms with Crippen LogP contribution < -0.4 is 0 Å². The highest BCUT2D eigenvalue weighted by atomic mass is 35.5. The summed E-state index contributed by atoms with van der Waals surface area (Å²) >= 11 is 8.65. The van der Waals surface area contributed by atoms with Crippen molar-refractivity contribution in [3.8, 4) is 0 Å². The quantitative estimate of drug-likeness (QED) is 0.637. The molecule has 0 rings (SSSR count). The zero-order valence-corrected chi connectivity index (χ0v) is 7.95. The van der Waals surface area contributed by atoms with Crippen LogP contribution >= 0.6 is 23.2 Å². The predicted molar refractivity (Wildman–Crippen MR) is 42.1 cm³/mol. The van der Waals surface area contributed by atoms with Crippen molar-refractivity contribution in [1.29, 1.82) is 0 Å². The van der Waals surface area contributed by atoms with E-state index in [-0.39, 0.29) is 0 Å². The van der Waals surface area contributed by atoms with Crippen molar-refractivity contribution in [2.75, 3.05) is 13.3 Å². The Morgan fingerprint density at radius 3 is 0.929 bits per heavy atom. The van der Waals surface area contributed by atoms with Crippen LogP contribution in [0.4, 0.5) is 26.3 Å². The monoisotopic (exact) mass is 260 g/mol. The fourth-order valence-corrected chi connectivity index (χ4v) is 0.202. The first-order chi connectivity index (χ1) is 6.36. The molecule has 0 amide bonds. The standard InChI is InChI=1S/2C3H2ClF3/c2*4-3(7)2(6)1-5/h2*1H2/b2*3-2-. The maximum absolute atomic E-state index is 11.3. The van der Waals surface area contributed by atoms with Crippen molar-refractivity contribution in [3.63, 3.8) is 0 Å². The first-order valence-corrected chi connectivity index (χ1v) is 3.63. The number of hydrogen-bond donors (Lipinski definition) is 0. The number of hydrogen-bond acceptors (Lipinski definition) is 0. The third kappa shape index (κ3) is 9.73. The lowest BCUT2D eigenvalue weighted by molar-refractivity contribution is 0.439. The van der Waals surface area contributed by atoms with Gasteiger partial charge in [0.05, 0.1) is 0 Å². The van der Waals surface area contributed by atoms with Crippen molar-refractivity contribution in [2.24, 2.45) is 0 Å². The van der Waals surface area contributed by atoms with Crippen LogP contribution in [0.5, 0.6) is 0 Å². The molecule has 0 aliphatic heterocycles. The van der Waals surface area contributed by atoms with Crippen molar-refractivity contribution < 1.29 is 26.3 Å². The van der Waals surface area contributed by atoms with Crippen molar-refractivity contribution >= 4 is 23.2 Å². The number of allylic oxidation sites excluding steroid dienone is 2. The Balaban J connectivity index is 0. The zero-order chi connectivity index (χ0) is 11.7. The minimum absolute atomic E-state index is 1.48. The summed E-state index contributed by atoms with van der Waals surface area (Å²) in [5.41, 5.74) is 0. The molecule has 0 aromatic heterocycles. The summed E-state index contributed by atoms with van der Waals surface area (Å²) in [6, 6.07) is 0. The predicted octanol–water partition coefficient (Wildman–Crippen LogP) is 4.61. The molecule has 0 saturated heterocycles. The average molecular weight is 261 g/mol. The van der Waals surface area contributed by atoms with Gasteiger partial charge in [0.25, 0.3) is 0 Å². The third-order valence-corrected chi connectivity index (χ3v) is 1.05. The number of halogens is 8. The van der Waals surface area contributed by atoms with Crippen LogP contribution in [0.1, 0.15) is 0 Å². The number of alkyl halides is 2. The van der Waals surface area contributed by atoms with Crippen molar-refractivity contribution in [3.05, 3.63) is 22.2 Å². The van der Waals surface area contributed by atoms with Gasteiger partial charge in [-0.05, 0) is 23.2 Å². The van der Waals surface area contributed by atoms with Crippen LogP contribution in [0.25, 0.3) is 0 Å². The molecule has 0 N–H and O–H groups in total. The molecule has 0 bridgehead atoms. The van der Waals surface area contributed by atoms with Crippen LogP contribution in [0.3, 0.4) is 0 Å². The third-order valence-electron chi connectivity index (χ3n) is 0.645. The molecule has 0 aromatic rings. The molecule has 0 radical (unpaired) electrons. The molecule has 14 heavy (non-hydrogen) atoms. The Morgan fingerprint density at radius 2 is 0.929 bits per heavy atom. The molecule has 0 aliphatic carbocycles. The lowest BCUT2D eigenvalue weighted by Crippen LogP contribution is -1.74. The molecule has 0 fully saturated rings. The van der Waals surface area contributed by atoms with Crippen molar-refractivity contribution in [1.82, 2.24) is 0 Å². The molecular weight excluding hydrogens is 257 g/mol. The van der Waals surface area contributed by atoms with Gasteiger partial charge in [-0.3, -0.25) is 0 Å². The highest BCUT2D eigenvalue weighted by Crippen LogP contribution is 2.11. The summed E-state index contributed by atoms with van der Waals surface area (Å²) in [6.07, 6.45) is 0. The minimum atomic E-state index is -1.61. The smallest absolute Gasteiger partial charge is 0.223 e. The first-order valence-electron chi connectivity index (χ1n) is 2.88. The van der Waals surface area contributed by atoms with E-state index in [1.807, 2.05) is 0 Å². The molecule has 0 aliphatic rings. The molecule has 0 saturated carbocycles. The summed E-state index contributed by atoms with van der Waals surface area (Å²) in [5.74, 6) is -3.11. The van der Waals surface area contributed by atoms with Gasteiger partial charge >= 0.3 is 0 Å². The normalized spacial score (nSPS) is 13.7. The maximum Gasteiger partial charge on any atom is 0.223 e. The van der Waals surface area contributed by atoms with Crippen LogP contribution in [0.2, 0.25) is 0 Å². The Morgan fingerprint density at radius 1 is 0.714 bits per heavy atom. The topological polar surface area (TPSA) is 0 Å². The van der Waals surface area contributed by atoms with E-state index in [0.717, 1.165) is 0 Å². The zero-order valence-electron chi connectivity index (χ0n) is 6.44. The van der Waals surface area contributed by atoms with Crippen LogP contribution in [-0.2, 0) is 0 Å². The van der Waals surface area contributed by atoms with Gasteiger partial charge in [0.15, 0.2) is 11.7 Å². The highest BCUT2D eigenvalue weighted by Gasteiger charge is 1.99. The molecular formula is C6H4Cl2F6. The summed E-state index contributed by atoms with van der Waals surface area (Å²) in [4.78, 5) is 0. The molecule has 84 valence electrons. The Kier molecular flexibility index (Phi) is 10.6. The number of rotatable bonds is 2. The second-order valence-corrected chi connectivity index (χ2v) is 2.26. The van der Waals surface area contributed by atoms with E-state index < -0.39 is 35.6 Å². The Hall–Kier alpha value is -0.360. The second-order valence-electron chi connectivity index (χ2n) is 1.60. The van der Waals surface area contributed by atoms with E-state index in [9.17, 15) is 26.3 Å². The van der Waals surface area contributed by atoms with E-state index in [1.54, 1.807) is 0 Å². The van der Waals surface area contributed by atoms with Crippen LogP contribution in [0.15, 0.2) is 22.2 Å². The fraction of sp³-hybridized carbons (Fsp3) is 0.333. The van der Waals surface area contributed by atoms with Gasteiger partial charge in [0.1, 0.15) is 13.3 Å². The van der Waals surface area contributed by atoms with Gasteiger partial charge in [-0.15, -0.1) is 0 Å². The van der Waals surface area contributed by atoms with Crippen LogP contribution in [-0.4, -0.2) is 13.3 Å². The fourth-order valence-electron chi connectivity index (χ4n) is 0.101. The van der Waals surface area contributed by atoms with E-state index >= 15 is 0 Å². The first kappa shape index (κ1) is 16.1. The second kappa shape index (κ2) is 9.21. The Labute approximate surface area is 85.8 Å². The molecule has 0 unspecified atom stereocenters. The summed E-state index contributed by atoms with van der Waals surface area (Å²) < 4.78 is 66.5. The summed E-state index contributed by atoms with van der Waals surface area (Å²) in [7, 11) is 0. The van der Waals surface area contributed by atoms with E-state index in [0.29, 0.717) is 0 Å². The van der Waals surface area contributed by atoms with Gasteiger partial charge < -0.3 is 0 Å². The van der Waals surface area contributed by atoms with Gasteiger partial charge in [0, 0.05) is 0 Å². The van der Waals surface area contributed by atoms with E-state index in [4.69, 9.17) is 0 Å².